The van der Waals surface area contributed by atoms with E-state index in [0.29, 0.717) is 12.5 Å². The molecule has 0 aliphatic heterocycles. The van der Waals surface area contributed by atoms with Gasteiger partial charge in [-0.15, -0.1) is 0 Å². The van der Waals surface area contributed by atoms with Crippen molar-refractivity contribution in [2.75, 3.05) is 13.1 Å². The lowest BCUT2D eigenvalue weighted by molar-refractivity contribution is 0.412. The summed E-state index contributed by atoms with van der Waals surface area (Å²) >= 11 is 5.21. The molecule has 1 saturated carbocycles. The molecule has 72 valence electrons. The largest absolute Gasteiger partial charge is 0.363 e. The van der Waals surface area contributed by atoms with E-state index in [1.165, 1.54) is 12.8 Å². The van der Waals surface area contributed by atoms with Gasteiger partial charge in [0.15, 0.2) is 5.11 Å². The maximum Gasteiger partial charge on any atom is 0.169 e. The molecule has 0 radical (unpaired) electrons. The van der Waals surface area contributed by atoms with Crippen LogP contribution in [0.15, 0.2) is 0 Å². The van der Waals surface area contributed by atoms with Crippen molar-refractivity contribution >= 4 is 17.3 Å². The second kappa shape index (κ2) is 5.03. The Morgan fingerprint density at radius 2 is 2.38 bits per heavy atom. The molecule has 1 rings (SSSR count). The second-order valence-electron chi connectivity index (χ2n) is 3.17. The van der Waals surface area contributed by atoms with E-state index < -0.39 is 0 Å². The molecule has 4 heteroatoms. The molecule has 1 aliphatic rings. The molecule has 0 aromatic rings. The van der Waals surface area contributed by atoms with Crippen LogP contribution in [0.2, 0.25) is 0 Å². The van der Waals surface area contributed by atoms with Gasteiger partial charge in [0, 0.05) is 19.1 Å². The Labute approximate surface area is 84.7 Å². The summed E-state index contributed by atoms with van der Waals surface area (Å²) in [5.41, 5.74) is 0. The van der Waals surface area contributed by atoms with Crippen molar-refractivity contribution < 1.29 is 0 Å². The molecule has 1 N–H and O–H groups in total. The summed E-state index contributed by atoms with van der Waals surface area (Å²) in [6, 6.07) is 2.75. The van der Waals surface area contributed by atoms with Gasteiger partial charge in [-0.2, -0.15) is 5.26 Å². The summed E-state index contributed by atoms with van der Waals surface area (Å²) < 4.78 is 0. The van der Waals surface area contributed by atoms with Crippen LogP contribution in [-0.2, 0) is 0 Å². The Hall–Kier alpha value is -0.820. The van der Waals surface area contributed by atoms with Gasteiger partial charge >= 0.3 is 0 Å². The van der Waals surface area contributed by atoms with E-state index in [-0.39, 0.29) is 0 Å². The Kier molecular flexibility index (Phi) is 3.97. The van der Waals surface area contributed by atoms with Gasteiger partial charge in [-0.3, -0.25) is 0 Å². The number of nitrogens with one attached hydrogen (secondary N) is 1. The Bertz CT molecular complexity index is 217. The fourth-order valence-electron chi connectivity index (χ4n) is 1.26. The third-order valence-corrected chi connectivity index (χ3v) is 2.42. The van der Waals surface area contributed by atoms with Crippen LogP contribution in [-0.4, -0.2) is 29.1 Å². The maximum absolute atomic E-state index is 8.49. The van der Waals surface area contributed by atoms with Crippen molar-refractivity contribution in [3.05, 3.63) is 0 Å². The zero-order valence-corrected chi connectivity index (χ0v) is 8.73. The van der Waals surface area contributed by atoms with E-state index in [2.05, 4.69) is 16.3 Å². The van der Waals surface area contributed by atoms with E-state index >= 15 is 0 Å². The molecule has 1 fully saturated rings. The molecule has 1 aliphatic carbocycles. The van der Waals surface area contributed by atoms with Gasteiger partial charge in [-0.25, -0.2) is 0 Å². The zero-order valence-electron chi connectivity index (χ0n) is 7.92. The van der Waals surface area contributed by atoms with Crippen LogP contribution >= 0.6 is 12.2 Å². The quantitative estimate of drug-likeness (QED) is 0.689. The third-order valence-electron chi connectivity index (χ3n) is 2.04. The molecule has 0 unspecified atom stereocenters. The number of hydrogen-bond donors (Lipinski definition) is 1. The van der Waals surface area contributed by atoms with Crippen LogP contribution in [0.1, 0.15) is 26.2 Å². The zero-order chi connectivity index (χ0) is 9.68. The second-order valence-corrected chi connectivity index (χ2v) is 3.55. The molecule has 0 heterocycles. The first kappa shape index (κ1) is 10.3. The number of nitrogens with zero attached hydrogens (tertiary/aromatic N) is 2. The van der Waals surface area contributed by atoms with E-state index in [0.717, 1.165) is 18.2 Å². The first-order valence-corrected chi connectivity index (χ1v) is 5.11. The van der Waals surface area contributed by atoms with Gasteiger partial charge in [-0.1, -0.05) is 0 Å². The average Bonchev–Trinajstić information content (AvgIpc) is 2.89. The minimum Gasteiger partial charge on any atom is -0.363 e. The molecule has 3 nitrogen and oxygen atoms in total. The molecule has 0 saturated heterocycles. The van der Waals surface area contributed by atoms with Gasteiger partial charge in [-0.05, 0) is 32.0 Å². The van der Waals surface area contributed by atoms with Gasteiger partial charge in [0.05, 0.1) is 12.5 Å². The molecule has 13 heavy (non-hydrogen) atoms. The van der Waals surface area contributed by atoms with Crippen LogP contribution in [0.25, 0.3) is 0 Å². The van der Waals surface area contributed by atoms with E-state index in [1.54, 1.807) is 0 Å². The Morgan fingerprint density at radius 1 is 1.69 bits per heavy atom. The van der Waals surface area contributed by atoms with Crippen LogP contribution in [0.4, 0.5) is 0 Å². The summed E-state index contributed by atoms with van der Waals surface area (Å²) in [6.07, 6.45) is 3.00. The van der Waals surface area contributed by atoms with Crippen molar-refractivity contribution in [3.8, 4) is 6.07 Å². The van der Waals surface area contributed by atoms with Crippen molar-refractivity contribution in [1.29, 1.82) is 5.26 Å². The number of thiocarbonyl (C=S) groups is 1. The minimum absolute atomic E-state index is 0.558. The first-order chi connectivity index (χ1) is 6.29. The molecular formula is C9H15N3S. The van der Waals surface area contributed by atoms with E-state index in [4.69, 9.17) is 17.5 Å². The van der Waals surface area contributed by atoms with E-state index in [1.807, 2.05) is 6.92 Å². The van der Waals surface area contributed by atoms with Crippen molar-refractivity contribution in [3.63, 3.8) is 0 Å². The monoisotopic (exact) mass is 197 g/mol. The highest BCUT2D eigenvalue weighted by molar-refractivity contribution is 7.80. The molecule has 0 amide bonds. The molecular weight excluding hydrogens is 182 g/mol. The van der Waals surface area contributed by atoms with Gasteiger partial charge in [0.25, 0.3) is 0 Å². The topological polar surface area (TPSA) is 39.1 Å². The fraction of sp³-hybridized carbons (Fsp3) is 0.778. The lowest BCUT2D eigenvalue weighted by Crippen LogP contribution is -2.41. The van der Waals surface area contributed by atoms with Crippen LogP contribution in [0, 0.1) is 11.3 Å². The van der Waals surface area contributed by atoms with Crippen LogP contribution < -0.4 is 5.32 Å². The summed E-state index contributed by atoms with van der Waals surface area (Å²) in [4.78, 5) is 2.14. The van der Waals surface area contributed by atoms with Crippen molar-refractivity contribution in [2.45, 2.75) is 32.2 Å². The lowest BCUT2D eigenvalue weighted by Gasteiger charge is -2.24. The minimum atomic E-state index is 0.558. The average molecular weight is 197 g/mol. The SMILES string of the molecule is CCNC(=S)N(CCC#N)C1CC1. The third kappa shape index (κ3) is 3.19. The molecule has 0 spiro atoms. The Balaban J connectivity index is 2.37. The van der Waals surface area contributed by atoms with Crippen molar-refractivity contribution in [1.82, 2.24) is 10.2 Å². The van der Waals surface area contributed by atoms with E-state index in [9.17, 15) is 0 Å². The summed E-state index contributed by atoms with van der Waals surface area (Å²) in [7, 11) is 0. The number of nitriles is 1. The molecule has 0 aromatic heterocycles. The van der Waals surface area contributed by atoms with Gasteiger partial charge in [0.2, 0.25) is 0 Å². The predicted molar refractivity (Wildman–Crippen MR) is 56.2 cm³/mol. The predicted octanol–water partition coefficient (Wildman–Crippen LogP) is 1.26. The number of hydrogen-bond acceptors (Lipinski definition) is 2. The summed E-state index contributed by atoms with van der Waals surface area (Å²) in [5.74, 6) is 0. The lowest BCUT2D eigenvalue weighted by atomic mass is 10.4. The highest BCUT2D eigenvalue weighted by Crippen LogP contribution is 2.26. The molecule has 0 aromatic carbocycles. The number of rotatable bonds is 4. The first-order valence-electron chi connectivity index (χ1n) is 4.71. The highest BCUT2D eigenvalue weighted by Gasteiger charge is 2.29. The standard InChI is InChI=1S/C9H15N3S/c1-2-11-9(13)12(7-3-6-10)8-4-5-8/h8H,2-5,7H2,1H3,(H,11,13). The molecule has 0 bridgehead atoms. The molecule has 0 atom stereocenters. The summed E-state index contributed by atoms with van der Waals surface area (Å²) in [5, 5.41) is 12.4. The maximum atomic E-state index is 8.49. The normalized spacial score (nSPS) is 14.8. The van der Waals surface area contributed by atoms with Gasteiger partial charge in [0.1, 0.15) is 0 Å². The van der Waals surface area contributed by atoms with Crippen LogP contribution in [0.5, 0.6) is 0 Å². The van der Waals surface area contributed by atoms with Crippen LogP contribution in [0.3, 0.4) is 0 Å². The summed E-state index contributed by atoms with van der Waals surface area (Å²) in [6.45, 7) is 3.66. The smallest absolute Gasteiger partial charge is 0.169 e. The highest BCUT2D eigenvalue weighted by atomic mass is 32.1. The Morgan fingerprint density at radius 3 is 2.85 bits per heavy atom. The van der Waals surface area contributed by atoms with Crippen molar-refractivity contribution in [2.24, 2.45) is 0 Å². The fourth-order valence-corrected chi connectivity index (χ4v) is 1.64. The van der Waals surface area contributed by atoms with Gasteiger partial charge < -0.3 is 10.2 Å².